The van der Waals surface area contributed by atoms with Crippen LogP contribution in [0.25, 0.3) is 0 Å². The zero-order valence-electron chi connectivity index (χ0n) is 14.0. The molecule has 2 aliphatic rings. The lowest BCUT2D eigenvalue weighted by Crippen LogP contribution is -2.54. The molecule has 0 aromatic rings. The minimum atomic E-state index is 0.227. The number of rotatable bonds is 4. The van der Waals surface area contributed by atoms with Gasteiger partial charge in [0.2, 0.25) is 0 Å². The monoisotopic (exact) mass is 282 g/mol. The Bertz CT molecular complexity index is 287. The van der Waals surface area contributed by atoms with Crippen LogP contribution in [0.4, 0.5) is 0 Å². The van der Waals surface area contributed by atoms with Crippen molar-refractivity contribution in [1.82, 2.24) is 10.2 Å². The highest BCUT2D eigenvalue weighted by Gasteiger charge is 2.32. The third-order valence-corrected chi connectivity index (χ3v) is 4.94. The molecule has 0 spiro atoms. The SMILES string of the molecule is COC1CCCC(N2CCCCC2CNC(C)(C)C)C1. The molecule has 1 N–H and O–H groups in total. The predicted octanol–water partition coefficient (Wildman–Crippen LogP) is 3.19. The summed E-state index contributed by atoms with van der Waals surface area (Å²) in [6, 6.07) is 1.48. The molecular weight excluding hydrogens is 248 g/mol. The highest BCUT2D eigenvalue weighted by molar-refractivity contribution is 4.89. The quantitative estimate of drug-likeness (QED) is 0.857. The van der Waals surface area contributed by atoms with Crippen LogP contribution in [0.2, 0.25) is 0 Å². The number of nitrogens with one attached hydrogen (secondary N) is 1. The van der Waals surface area contributed by atoms with E-state index in [1.807, 2.05) is 7.11 Å². The Morgan fingerprint density at radius 1 is 1.10 bits per heavy atom. The number of ether oxygens (including phenoxy) is 1. The van der Waals surface area contributed by atoms with Gasteiger partial charge in [-0.3, -0.25) is 4.90 Å². The van der Waals surface area contributed by atoms with E-state index in [4.69, 9.17) is 4.74 Å². The van der Waals surface area contributed by atoms with E-state index >= 15 is 0 Å². The molecule has 2 fully saturated rings. The molecule has 0 radical (unpaired) electrons. The largest absolute Gasteiger partial charge is 0.381 e. The first kappa shape index (κ1) is 16.3. The fourth-order valence-corrected chi connectivity index (χ4v) is 3.78. The average molecular weight is 282 g/mol. The van der Waals surface area contributed by atoms with Gasteiger partial charge in [-0.2, -0.15) is 0 Å². The maximum absolute atomic E-state index is 5.62. The molecule has 2 rings (SSSR count). The number of methoxy groups -OCH3 is 1. The van der Waals surface area contributed by atoms with Crippen LogP contribution in [0.1, 0.15) is 65.7 Å². The van der Waals surface area contributed by atoms with Crippen LogP contribution < -0.4 is 5.32 Å². The third kappa shape index (κ3) is 4.71. The maximum Gasteiger partial charge on any atom is 0.0586 e. The fourth-order valence-electron chi connectivity index (χ4n) is 3.78. The zero-order chi connectivity index (χ0) is 14.6. The first-order valence-corrected chi connectivity index (χ1v) is 8.53. The Morgan fingerprint density at radius 2 is 1.90 bits per heavy atom. The lowest BCUT2D eigenvalue weighted by atomic mass is 9.88. The first-order chi connectivity index (χ1) is 9.49. The van der Waals surface area contributed by atoms with E-state index in [0.29, 0.717) is 6.10 Å². The smallest absolute Gasteiger partial charge is 0.0586 e. The molecule has 1 saturated carbocycles. The Labute approximate surface area is 125 Å². The fraction of sp³-hybridized carbons (Fsp3) is 1.00. The Balaban J connectivity index is 1.92. The molecule has 0 aromatic carbocycles. The van der Waals surface area contributed by atoms with Crippen LogP contribution in [0, 0.1) is 0 Å². The van der Waals surface area contributed by atoms with E-state index < -0.39 is 0 Å². The van der Waals surface area contributed by atoms with Gasteiger partial charge in [0.15, 0.2) is 0 Å². The van der Waals surface area contributed by atoms with E-state index in [9.17, 15) is 0 Å². The van der Waals surface area contributed by atoms with Crippen LogP contribution in [-0.2, 0) is 4.74 Å². The molecule has 3 atom stereocenters. The Morgan fingerprint density at radius 3 is 2.60 bits per heavy atom. The van der Waals surface area contributed by atoms with E-state index in [-0.39, 0.29) is 5.54 Å². The highest BCUT2D eigenvalue weighted by Crippen LogP contribution is 2.29. The second kappa shape index (κ2) is 7.24. The molecule has 1 saturated heterocycles. The summed E-state index contributed by atoms with van der Waals surface area (Å²) in [5.41, 5.74) is 0.227. The molecular formula is C17H34N2O. The van der Waals surface area contributed by atoms with Gasteiger partial charge in [-0.25, -0.2) is 0 Å². The molecule has 1 heterocycles. The van der Waals surface area contributed by atoms with Gasteiger partial charge in [0.1, 0.15) is 0 Å². The van der Waals surface area contributed by atoms with Gasteiger partial charge < -0.3 is 10.1 Å². The summed E-state index contributed by atoms with van der Waals surface area (Å²) in [7, 11) is 1.88. The van der Waals surface area contributed by atoms with Crippen molar-refractivity contribution in [2.75, 3.05) is 20.2 Å². The molecule has 118 valence electrons. The van der Waals surface area contributed by atoms with Crippen LogP contribution in [-0.4, -0.2) is 48.8 Å². The molecule has 3 unspecified atom stereocenters. The number of piperidine rings is 1. The lowest BCUT2D eigenvalue weighted by Gasteiger charge is -2.45. The molecule has 20 heavy (non-hydrogen) atoms. The Hall–Kier alpha value is -0.120. The van der Waals surface area contributed by atoms with Gasteiger partial charge in [0.25, 0.3) is 0 Å². The number of likely N-dealkylation sites (tertiary alicyclic amines) is 1. The minimum absolute atomic E-state index is 0.227. The minimum Gasteiger partial charge on any atom is -0.381 e. The van der Waals surface area contributed by atoms with E-state index in [2.05, 4.69) is 31.0 Å². The predicted molar refractivity (Wildman–Crippen MR) is 85.2 cm³/mol. The van der Waals surface area contributed by atoms with Crippen molar-refractivity contribution in [3.8, 4) is 0 Å². The van der Waals surface area contributed by atoms with Crippen molar-refractivity contribution in [3.05, 3.63) is 0 Å². The summed E-state index contributed by atoms with van der Waals surface area (Å²) >= 11 is 0. The molecule has 3 nitrogen and oxygen atoms in total. The molecule has 0 aromatic heterocycles. The zero-order valence-corrected chi connectivity index (χ0v) is 14.0. The van der Waals surface area contributed by atoms with Crippen molar-refractivity contribution in [2.45, 2.75) is 89.4 Å². The number of hydrogen-bond acceptors (Lipinski definition) is 3. The van der Waals surface area contributed by atoms with Crippen LogP contribution in [0.3, 0.4) is 0 Å². The van der Waals surface area contributed by atoms with Crippen molar-refractivity contribution >= 4 is 0 Å². The van der Waals surface area contributed by atoms with Gasteiger partial charge in [-0.15, -0.1) is 0 Å². The summed E-state index contributed by atoms with van der Waals surface area (Å²) in [5, 5.41) is 3.71. The average Bonchev–Trinajstić information content (AvgIpc) is 2.45. The topological polar surface area (TPSA) is 24.5 Å². The molecule has 1 aliphatic heterocycles. The van der Waals surface area contributed by atoms with Crippen LogP contribution >= 0.6 is 0 Å². The number of nitrogens with zero attached hydrogens (tertiary/aromatic N) is 1. The number of hydrogen-bond donors (Lipinski definition) is 1. The van der Waals surface area contributed by atoms with Crippen molar-refractivity contribution in [1.29, 1.82) is 0 Å². The van der Waals surface area contributed by atoms with Gasteiger partial charge in [-0.05, 0) is 65.8 Å². The molecule has 1 aliphatic carbocycles. The van der Waals surface area contributed by atoms with Crippen LogP contribution in [0.5, 0.6) is 0 Å². The molecule has 0 bridgehead atoms. The van der Waals surface area contributed by atoms with E-state index in [1.54, 1.807) is 0 Å². The van der Waals surface area contributed by atoms with Gasteiger partial charge >= 0.3 is 0 Å². The summed E-state index contributed by atoms with van der Waals surface area (Å²) in [6.07, 6.45) is 9.82. The van der Waals surface area contributed by atoms with Crippen molar-refractivity contribution in [3.63, 3.8) is 0 Å². The van der Waals surface area contributed by atoms with Crippen molar-refractivity contribution in [2.24, 2.45) is 0 Å². The Kier molecular flexibility index (Phi) is 5.88. The summed E-state index contributed by atoms with van der Waals surface area (Å²) < 4.78 is 5.62. The molecule has 0 amide bonds. The normalized spacial score (nSPS) is 33.3. The summed E-state index contributed by atoms with van der Waals surface area (Å²) in [4.78, 5) is 2.80. The third-order valence-electron chi connectivity index (χ3n) is 4.94. The second-order valence-electron chi connectivity index (χ2n) is 7.70. The summed E-state index contributed by atoms with van der Waals surface area (Å²) in [6.45, 7) is 9.22. The standard InChI is InChI=1S/C17H34N2O/c1-17(2,3)18-13-15-8-5-6-11-19(15)14-9-7-10-16(12-14)20-4/h14-16,18H,5-13H2,1-4H3. The molecule has 3 heteroatoms. The van der Waals surface area contributed by atoms with Gasteiger partial charge in [0.05, 0.1) is 6.10 Å². The van der Waals surface area contributed by atoms with Gasteiger partial charge in [0, 0.05) is 31.3 Å². The summed E-state index contributed by atoms with van der Waals surface area (Å²) in [5.74, 6) is 0. The first-order valence-electron chi connectivity index (χ1n) is 8.53. The van der Waals surface area contributed by atoms with Gasteiger partial charge in [-0.1, -0.05) is 6.42 Å². The second-order valence-corrected chi connectivity index (χ2v) is 7.70. The van der Waals surface area contributed by atoms with Crippen molar-refractivity contribution < 1.29 is 4.74 Å². The lowest BCUT2D eigenvalue weighted by molar-refractivity contribution is 0.00301. The van der Waals surface area contributed by atoms with Crippen LogP contribution in [0.15, 0.2) is 0 Å². The van der Waals surface area contributed by atoms with E-state index in [1.165, 1.54) is 51.5 Å². The van der Waals surface area contributed by atoms with E-state index in [0.717, 1.165) is 18.6 Å². The maximum atomic E-state index is 5.62. The highest BCUT2D eigenvalue weighted by atomic mass is 16.5.